The first kappa shape index (κ1) is 11.5. The number of methoxy groups -OCH3 is 1. The van der Waals surface area contributed by atoms with Crippen LogP contribution in [0.5, 0.6) is 5.75 Å². The Morgan fingerprint density at radius 2 is 1.62 bits per heavy atom. The molecule has 1 aromatic carbocycles. The van der Waals surface area contributed by atoms with Gasteiger partial charge in [-0.15, -0.1) is 0 Å². The second-order valence-electron chi connectivity index (χ2n) is 4.88. The molecule has 0 heterocycles. The highest BCUT2D eigenvalue weighted by Crippen LogP contribution is 2.40. The molecular weight excluding hydrogens is 200 g/mol. The molecule has 88 valence electrons. The summed E-state index contributed by atoms with van der Waals surface area (Å²) < 4.78 is 5.34. The van der Waals surface area contributed by atoms with Gasteiger partial charge < -0.3 is 9.84 Å². The molecule has 1 N–H and O–H groups in total. The van der Waals surface area contributed by atoms with E-state index < -0.39 is 5.60 Å². The van der Waals surface area contributed by atoms with Gasteiger partial charge in [-0.2, -0.15) is 0 Å². The van der Waals surface area contributed by atoms with Gasteiger partial charge in [0.25, 0.3) is 0 Å². The van der Waals surface area contributed by atoms with Crippen LogP contribution in [0.1, 0.15) is 42.4 Å². The topological polar surface area (TPSA) is 29.5 Å². The molecule has 1 aromatic rings. The highest BCUT2D eigenvalue weighted by Gasteiger charge is 2.33. The molecule has 0 saturated heterocycles. The summed E-state index contributed by atoms with van der Waals surface area (Å²) in [5.41, 5.74) is 2.68. The van der Waals surface area contributed by atoms with Crippen molar-refractivity contribution in [3.8, 4) is 5.75 Å². The quantitative estimate of drug-likeness (QED) is 0.830. The van der Waals surface area contributed by atoms with Crippen LogP contribution >= 0.6 is 0 Å². The molecule has 0 amide bonds. The number of ether oxygens (including phenoxy) is 1. The molecule has 1 aliphatic rings. The van der Waals surface area contributed by atoms with Gasteiger partial charge in [-0.25, -0.2) is 0 Å². The molecular formula is C14H20O2. The Balaban J connectivity index is 2.43. The number of benzene rings is 1. The van der Waals surface area contributed by atoms with Crippen LogP contribution in [0.25, 0.3) is 0 Å². The fourth-order valence-electron chi connectivity index (χ4n) is 2.79. The summed E-state index contributed by atoms with van der Waals surface area (Å²) in [6.45, 7) is 4.07. The summed E-state index contributed by atoms with van der Waals surface area (Å²) in [4.78, 5) is 0. The van der Waals surface area contributed by atoms with Crippen LogP contribution in [0.4, 0.5) is 0 Å². The average molecular weight is 220 g/mol. The zero-order valence-corrected chi connectivity index (χ0v) is 10.3. The number of hydrogen-bond acceptors (Lipinski definition) is 2. The number of rotatable bonds is 2. The molecule has 2 heteroatoms. The largest absolute Gasteiger partial charge is 0.496 e. The molecule has 1 fully saturated rings. The van der Waals surface area contributed by atoms with Crippen LogP contribution in [0.3, 0.4) is 0 Å². The molecule has 16 heavy (non-hydrogen) atoms. The maximum absolute atomic E-state index is 10.5. The summed E-state index contributed by atoms with van der Waals surface area (Å²) >= 11 is 0. The van der Waals surface area contributed by atoms with Gasteiger partial charge in [-0.1, -0.05) is 12.8 Å². The van der Waals surface area contributed by atoms with Gasteiger partial charge in [0, 0.05) is 0 Å². The van der Waals surface area contributed by atoms with Gasteiger partial charge in [0.05, 0.1) is 12.7 Å². The first-order chi connectivity index (χ1) is 7.57. The Labute approximate surface area is 97.3 Å². The minimum absolute atomic E-state index is 0.595. The van der Waals surface area contributed by atoms with Gasteiger partial charge in [0.15, 0.2) is 0 Å². The van der Waals surface area contributed by atoms with Crippen molar-refractivity contribution in [3.63, 3.8) is 0 Å². The SMILES string of the molecule is COc1c(C)cc(C2(O)CCCC2)cc1C. The van der Waals surface area contributed by atoms with E-state index in [2.05, 4.69) is 12.1 Å². The van der Waals surface area contributed by atoms with Gasteiger partial charge in [-0.3, -0.25) is 0 Å². The smallest absolute Gasteiger partial charge is 0.124 e. The van der Waals surface area contributed by atoms with Crippen molar-refractivity contribution in [2.75, 3.05) is 7.11 Å². The number of aryl methyl sites for hydroxylation is 2. The average Bonchev–Trinajstić information content (AvgIpc) is 2.66. The molecule has 0 unspecified atom stereocenters. The fourth-order valence-corrected chi connectivity index (χ4v) is 2.79. The lowest BCUT2D eigenvalue weighted by atomic mass is 9.89. The van der Waals surface area contributed by atoms with Gasteiger partial charge >= 0.3 is 0 Å². The summed E-state index contributed by atoms with van der Waals surface area (Å²) in [7, 11) is 1.69. The maximum Gasteiger partial charge on any atom is 0.124 e. The molecule has 0 aliphatic heterocycles. The molecule has 2 rings (SSSR count). The number of aliphatic hydroxyl groups is 1. The number of hydrogen-bond donors (Lipinski definition) is 1. The highest BCUT2D eigenvalue weighted by atomic mass is 16.5. The van der Waals surface area contributed by atoms with Crippen molar-refractivity contribution in [3.05, 3.63) is 28.8 Å². The normalized spacial score (nSPS) is 18.8. The third-order valence-corrected chi connectivity index (χ3v) is 3.63. The monoisotopic (exact) mass is 220 g/mol. The van der Waals surface area contributed by atoms with E-state index in [9.17, 15) is 5.11 Å². The Morgan fingerprint density at radius 1 is 1.12 bits per heavy atom. The second kappa shape index (κ2) is 4.10. The molecule has 0 radical (unpaired) electrons. The summed E-state index contributed by atoms with van der Waals surface area (Å²) in [5, 5.41) is 10.5. The van der Waals surface area contributed by atoms with Crippen LogP contribution in [-0.2, 0) is 5.60 Å². The third kappa shape index (κ3) is 1.82. The van der Waals surface area contributed by atoms with E-state index in [-0.39, 0.29) is 0 Å². The lowest BCUT2D eigenvalue weighted by Crippen LogP contribution is -2.21. The van der Waals surface area contributed by atoms with Crippen LogP contribution in [-0.4, -0.2) is 12.2 Å². The zero-order chi connectivity index (χ0) is 11.8. The zero-order valence-electron chi connectivity index (χ0n) is 10.3. The van der Waals surface area contributed by atoms with E-state index in [4.69, 9.17) is 4.74 Å². The van der Waals surface area contributed by atoms with E-state index in [0.717, 1.165) is 48.1 Å². The van der Waals surface area contributed by atoms with E-state index in [1.165, 1.54) is 0 Å². The van der Waals surface area contributed by atoms with Crippen LogP contribution < -0.4 is 4.74 Å². The molecule has 2 nitrogen and oxygen atoms in total. The van der Waals surface area contributed by atoms with Crippen molar-refractivity contribution in [1.82, 2.24) is 0 Å². The first-order valence-corrected chi connectivity index (χ1v) is 5.95. The van der Waals surface area contributed by atoms with E-state index in [1.807, 2.05) is 13.8 Å². The van der Waals surface area contributed by atoms with Crippen molar-refractivity contribution < 1.29 is 9.84 Å². The fraction of sp³-hybridized carbons (Fsp3) is 0.571. The predicted octanol–water partition coefficient (Wildman–Crippen LogP) is 3.07. The minimum Gasteiger partial charge on any atom is -0.496 e. The highest BCUT2D eigenvalue weighted by molar-refractivity contribution is 5.45. The Morgan fingerprint density at radius 3 is 2.06 bits per heavy atom. The Hall–Kier alpha value is -1.02. The van der Waals surface area contributed by atoms with Crippen molar-refractivity contribution in [2.45, 2.75) is 45.1 Å². The van der Waals surface area contributed by atoms with Crippen molar-refractivity contribution in [1.29, 1.82) is 0 Å². The van der Waals surface area contributed by atoms with Crippen molar-refractivity contribution in [2.24, 2.45) is 0 Å². The molecule has 1 aliphatic carbocycles. The third-order valence-electron chi connectivity index (χ3n) is 3.63. The lowest BCUT2D eigenvalue weighted by Gasteiger charge is -2.24. The van der Waals surface area contributed by atoms with E-state index in [1.54, 1.807) is 7.11 Å². The van der Waals surface area contributed by atoms with Gasteiger partial charge in [-0.05, 0) is 55.5 Å². The first-order valence-electron chi connectivity index (χ1n) is 5.95. The molecule has 0 spiro atoms. The summed E-state index contributed by atoms with van der Waals surface area (Å²) in [5.74, 6) is 0.936. The van der Waals surface area contributed by atoms with E-state index in [0.29, 0.717) is 0 Å². The van der Waals surface area contributed by atoms with E-state index >= 15 is 0 Å². The predicted molar refractivity (Wildman–Crippen MR) is 64.8 cm³/mol. The van der Waals surface area contributed by atoms with Crippen molar-refractivity contribution >= 4 is 0 Å². The van der Waals surface area contributed by atoms with Crippen LogP contribution in [0.2, 0.25) is 0 Å². The molecule has 0 atom stereocenters. The Kier molecular flexibility index (Phi) is 2.94. The Bertz CT molecular complexity index is 367. The van der Waals surface area contributed by atoms with Gasteiger partial charge in [0.2, 0.25) is 0 Å². The molecule has 1 saturated carbocycles. The second-order valence-corrected chi connectivity index (χ2v) is 4.88. The standard InChI is InChI=1S/C14H20O2/c1-10-8-12(9-11(2)13(10)16-3)14(15)6-4-5-7-14/h8-9,15H,4-7H2,1-3H3. The molecule has 0 bridgehead atoms. The van der Waals surface area contributed by atoms with Crippen LogP contribution in [0, 0.1) is 13.8 Å². The maximum atomic E-state index is 10.5. The summed E-state index contributed by atoms with van der Waals surface area (Å²) in [6, 6.07) is 4.13. The summed E-state index contributed by atoms with van der Waals surface area (Å²) in [6.07, 6.45) is 4.03. The molecule has 0 aromatic heterocycles. The lowest BCUT2D eigenvalue weighted by molar-refractivity contribution is 0.0443. The van der Waals surface area contributed by atoms with Crippen LogP contribution in [0.15, 0.2) is 12.1 Å². The minimum atomic E-state index is -0.595. The van der Waals surface area contributed by atoms with Gasteiger partial charge in [0.1, 0.15) is 5.75 Å².